The maximum absolute atomic E-state index is 11.7. The van der Waals surface area contributed by atoms with Gasteiger partial charge in [0.15, 0.2) is 6.61 Å². The van der Waals surface area contributed by atoms with Crippen molar-refractivity contribution in [2.24, 2.45) is 0 Å². The Kier molecular flexibility index (Phi) is 4.75. The van der Waals surface area contributed by atoms with E-state index in [0.29, 0.717) is 11.8 Å². The van der Waals surface area contributed by atoms with Crippen molar-refractivity contribution in [1.82, 2.24) is 10.3 Å². The number of carbonyl (C=O) groups is 1. The molecule has 1 aromatic carbocycles. The number of fused-ring (bicyclic) bond motifs is 1. The van der Waals surface area contributed by atoms with E-state index in [2.05, 4.69) is 27.9 Å². The Bertz CT molecular complexity index is 903. The lowest BCUT2D eigenvalue weighted by Gasteiger charge is -2.17. The van der Waals surface area contributed by atoms with Crippen LogP contribution in [0.3, 0.4) is 0 Å². The molecule has 0 bridgehead atoms. The molecule has 2 aromatic heterocycles. The van der Waals surface area contributed by atoms with E-state index in [0.717, 1.165) is 29.6 Å². The molecule has 0 aliphatic heterocycles. The Hall–Kier alpha value is -2.60. The normalized spacial score (nSPS) is 14.8. The predicted octanol–water partition coefficient (Wildman–Crippen LogP) is 4.13. The fourth-order valence-electron chi connectivity index (χ4n) is 2.80. The number of aromatic nitrogens is 1. The molecular weight excluding hydrogens is 346 g/mol. The Morgan fingerprint density at radius 3 is 2.85 bits per heavy atom. The van der Waals surface area contributed by atoms with E-state index < -0.39 is 0 Å². The number of ether oxygens (including phenoxy) is 1. The quantitative estimate of drug-likeness (QED) is 0.659. The molecule has 1 amide bonds. The van der Waals surface area contributed by atoms with E-state index in [1.807, 2.05) is 42.6 Å². The molecule has 0 saturated heterocycles. The van der Waals surface area contributed by atoms with Crippen LogP contribution in [0.4, 0.5) is 5.69 Å². The molecule has 134 valence electrons. The second kappa shape index (κ2) is 7.33. The maximum atomic E-state index is 11.7. The first-order chi connectivity index (χ1) is 12.7. The molecule has 1 atom stereocenters. The summed E-state index contributed by atoms with van der Waals surface area (Å²) in [6.45, 7) is 2.19. The van der Waals surface area contributed by atoms with Gasteiger partial charge in [0.05, 0.1) is 15.9 Å². The summed E-state index contributed by atoms with van der Waals surface area (Å²) < 4.78 is 6.73. The number of hydrogen-bond acceptors (Lipinski definition) is 5. The van der Waals surface area contributed by atoms with Crippen molar-refractivity contribution in [3.05, 3.63) is 53.5 Å². The second-order valence-electron chi connectivity index (χ2n) is 6.56. The SMILES string of the molecule is CC(Nc1ccnc2ccsc12)c1ccc(OCC(=O)NC2CC2)cc1. The van der Waals surface area contributed by atoms with Crippen LogP contribution in [0, 0.1) is 0 Å². The van der Waals surface area contributed by atoms with Crippen LogP contribution in [-0.2, 0) is 4.79 Å². The zero-order valence-electron chi connectivity index (χ0n) is 14.6. The third-order valence-electron chi connectivity index (χ3n) is 4.41. The molecule has 1 aliphatic rings. The second-order valence-corrected chi connectivity index (χ2v) is 7.48. The highest BCUT2D eigenvalue weighted by atomic mass is 32.1. The van der Waals surface area contributed by atoms with Gasteiger partial charge in [-0.05, 0) is 55.0 Å². The molecular formula is C20H21N3O2S. The Morgan fingerprint density at radius 2 is 2.08 bits per heavy atom. The van der Waals surface area contributed by atoms with Crippen LogP contribution in [-0.4, -0.2) is 23.5 Å². The Balaban J connectivity index is 1.36. The lowest BCUT2D eigenvalue weighted by Crippen LogP contribution is -2.30. The first-order valence-electron chi connectivity index (χ1n) is 8.80. The fraction of sp³-hybridized carbons (Fsp3) is 0.300. The van der Waals surface area contributed by atoms with Crippen LogP contribution in [0.15, 0.2) is 48.0 Å². The number of nitrogens with zero attached hydrogens (tertiary/aromatic N) is 1. The lowest BCUT2D eigenvalue weighted by atomic mass is 10.1. The monoisotopic (exact) mass is 367 g/mol. The van der Waals surface area contributed by atoms with Gasteiger partial charge >= 0.3 is 0 Å². The minimum absolute atomic E-state index is 0.0516. The molecule has 1 aliphatic carbocycles. The summed E-state index contributed by atoms with van der Waals surface area (Å²) in [4.78, 5) is 16.1. The summed E-state index contributed by atoms with van der Waals surface area (Å²) in [5.74, 6) is 0.653. The van der Waals surface area contributed by atoms with Crippen LogP contribution in [0.5, 0.6) is 5.75 Å². The highest BCUT2D eigenvalue weighted by Crippen LogP contribution is 2.30. The molecule has 1 fully saturated rings. The number of hydrogen-bond donors (Lipinski definition) is 2. The van der Waals surface area contributed by atoms with Crippen molar-refractivity contribution >= 4 is 33.1 Å². The molecule has 0 radical (unpaired) electrons. The Labute approximate surface area is 156 Å². The highest BCUT2D eigenvalue weighted by molar-refractivity contribution is 7.17. The van der Waals surface area contributed by atoms with Gasteiger partial charge in [-0.3, -0.25) is 9.78 Å². The fourth-order valence-corrected chi connectivity index (χ4v) is 3.63. The van der Waals surface area contributed by atoms with Gasteiger partial charge in [0.2, 0.25) is 0 Å². The average Bonchev–Trinajstić information content (AvgIpc) is 3.32. The van der Waals surface area contributed by atoms with E-state index in [9.17, 15) is 4.79 Å². The van der Waals surface area contributed by atoms with Gasteiger partial charge in [0.1, 0.15) is 5.75 Å². The number of carbonyl (C=O) groups excluding carboxylic acids is 1. The average molecular weight is 367 g/mol. The van der Waals surface area contributed by atoms with Crippen LogP contribution >= 0.6 is 11.3 Å². The topological polar surface area (TPSA) is 63.3 Å². The minimum Gasteiger partial charge on any atom is -0.484 e. The van der Waals surface area contributed by atoms with Crippen molar-refractivity contribution in [2.75, 3.05) is 11.9 Å². The maximum Gasteiger partial charge on any atom is 0.258 e. The zero-order valence-corrected chi connectivity index (χ0v) is 15.4. The number of benzene rings is 1. The van der Waals surface area contributed by atoms with Gasteiger partial charge in [-0.15, -0.1) is 11.3 Å². The van der Waals surface area contributed by atoms with Crippen molar-refractivity contribution in [3.8, 4) is 5.75 Å². The van der Waals surface area contributed by atoms with Gasteiger partial charge in [0, 0.05) is 18.3 Å². The summed E-state index contributed by atoms with van der Waals surface area (Å²) in [6.07, 6.45) is 3.99. The van der Waals surface area contributed by atoms with E-state index in [-0.39, 0.29) is 18.6 Å². The number of amides is 1. The van der Waals surface area contributed by atoms with E-state index in [4.69, 9.17) is 4.74 Å². The molecule has 5 nitrogen and oxygen atoms in total. The summed E-state index contributed by atoms with van der Waals surface area (Å²) in [7, 11) is 0. The molecule has 0 spiro atoms. The van der Waals surface area contributed by atoms with E-state index in [1.165, 1.54) is 4.70 Å². The van der Waals surface area contributed by atoms with Gasteiger partial charge in [-0.1, -0.05) is 12.1 Å². The number of rotatable bonds is 7. The molecule has 26 heavy (non-hydrogen) atoms. The largest absolute Gasteiger partial charge is 0.484 e. The lowest BCUT2D eigenvalue weighted by molar-refractivity contribution is -0.123. The van der Waals surface area contributed by atoms with Crippen LogP contribution in [0.2, 0.25) is 0 Å². The van der Waals surface area contributed by atoms with Crippen molar-refractivity contribution < 1.29 is 9.53 Å². The number of thiophene rings is 1. The summed E-state index contributed by atoms with van der Waals surface area (Å²) in [6, 6.07) is 12.4. The smallest absolute Gasteiger partial charge is 0.258 e. The molecule has 2 heterocycles. The van der Waals surface area contributed by atoms with Crippen molar-refractivity contribution in [1.29, 1.82) is 0 Å². The summed E-state index contributed by atoms with van der Waals surface area (Å²) in [5.41, 5.74) is 3.26. The van der Waals surface area contributed by atoms with Crippen LogP contribution in [0.1, 0.15) is 31.4 Å². The summed E-state index contributed by atoms with van der Waals surface area (Å²) in [5, 5.41) is 8.52. The van der Waals surface area contributed by atoms with Crippen molar-refractivity contribution in [2.45, 2.75) is 31.8 Å². The zero-order chi connectivity index (χ0) is 17.9. The Morgan fingerprint density at radius 1 is 1.27 bits per heavy atom. The van der Waals surface area contributed by atoms with Crippen LogP contribution < -0.4 is 15.4 Å². The third-order valence-corrected chi connectivity index (χ3v) is 5.35. The van der Waals surface area contributed by atoms with E-state index in [1.54, 1.807) is 11.3 Å². The molecule has 1 unspecified atom stereocenters. The molecule has 4 rings (SSSR count). The first-order valence-corrected chi connectivity index (χ1v) is 9.68. The first kappa shape index (κ1) is 16.8. The van der Waals surface area contributed by atoms with Crippen LogP contribution in [0.25, 0.3) is 10.2 Å². The number of pyridine rings is 1. The highest BCUT2D eigenvalue weighted by Gasteiger charge is 2.23. The molecule has 3 aromatic rings. The standard InChI is InChI=1S/C20H21N3O2S/c1-13(22-18-8-10-21-17-9-11-26-20(17)18)14-2-6-16(7-3-14)25-12-19(24)23-15-4-5-15/h2-3,6-11,13,15H,4-5,12H2,1H3,(H,21,22)(H,23,24). The van der Waals surface area contributed by atoms with E-state index >= 15 is 0 Å². The molecule has 2 N–H and O–H groups in total. The number of anilines is 1. The van der Waals surface area contributed by atoms with Gasteiger partial charge < -0.3 is 15.4 Å². The third kappa shape index (κ3) is 3.96. The predicted molar refractivity (Wildman–Crippen MR) is 105 cm³/mol. The van der Waals surface area contributed by atoms with Crippen molar-refractivity contribution in [3.63, 3.8) is 0 Å². The molecule has 1 saturated carbocycles. The molecule has 6 heteroatoms. The minimum atomic E-state index is -0.0516. The van der Waals surface area contributed by atoms with Gasteiger partial charge in [-0.2, -0.15) is 0 Å². The number of nitrogens with one attached hydrogen (secondary N) is 2. The van der Waals surface area contributed by atoms with Gasteiger partial charge in [0.25, 0.3) is 5.91 Å². The van der Waals surface area contributed by atoms with Gasteiger partial charge in [-0.25, -0.2) is 0 Å². The summed E-state index contributed by atoms with van der Waals surface area (Å²) >= 11 is 1.69.